The molecule has 0 aromatic carbocycles. The third-order valence-corrected chi connectivity index (χ3v) is 3.21. The summed E-state index contributed by atoms with van der Waals surface area (Å²) in [6.45, 7) is 5.39. The first-order valence-corrected chi connectivity index (χ1v) is 5.61. The molecule has 2 heterocycles. The van der Waals surface area contributed by atoms with Crippen molar-refractivity contribution in [1.29, 1.82) is 0 Å². The summed E-state index contributed by atoms with van der Waals surface area (Å²) < 4.78 is 7.61. The molecule has 4 heteroatoms. The molecule has 1 N–H and O–H groups in total. The summed E-state index contributed by atoms with van der Waals surface area (Å²) in [4.78, 5) is 11.0. The monoisotopic (exact) mass is 223 g/mol. The topological polar surface area (TPSA) is 51.5 Å². The van der Waals surface area contributed by atoms with Crippen molar-refractivity contribution in [2.24, 2.45) is 0 Å². The lowest BCUT2D eigenvalue weighted by molar-refractivity contribution is 0.0694. The Morgan fingerprint density at radius 1 is 1.62 bits per heavy atom. The van der Waals surface area contributed by atoms with Crippen LogP contribution >= 0.6 is 0 Å². The molecule has 4 nitrogen and oxygen atoms in total. The van der Waals surface area contributed by atoms with E-state index in [4.69, 9.17) is 9.84 Å². The zero-order chi connectivity index (χ0) is 11.7. The molecule has 0 aliphatic carbocycles. The summed E-state index contributed by atoms with van der Waals surface area (Å²) in [6.07, 6.45) is 2.42. The van der Waals surface area contributed by atoms with Crippen LogP contribution in [0.4, 0.5) is 0 Å². The van der Waals surface area contributed by atoms with Crippen LogP contribution in [0.15, 0.2) is 6.07 Å². The second kappa shape index (κ2) is 4.29. The summed E-state index contributed by atoms with van der Waals surface area (Å²) in [6, 6.07) is 1.73. The van der Waals surface area contributed by atoms with E-state index >= 15 is 0 Å². The number of aromatic nitrogens is 1. The van der Waals surface area contributed by atoms with Crippen LogP contribution in [0, 0.1) is 13.8 Å². The van der Waals surface area contributed by atoms with Gasteiger partial charge in [-0.2, -0.15) is 0 Å². The van der Waals surface area contributed by atoms with Crippen LogP contribution in [-0.4, -0.2) is 28.4 Å². The van der Waals surface area contributed by atoms with E-state index in [1.807, 2.05) is 18.4 Å². The fraction of sp³-hybridized carbons (Fsp3) is 0.583. The van der Waals surface area contributed by atoms with E-state index in [1.165, 1.54) is 0 Å². The van der Waals surface area contributed by atoms with E-state index in [0.29, 0.717) is 5.56 Å². The second-order valence-electron chi connectivity index (χ2n) is 4.34. The van der Waals surface area contributed by atoms with E-state index in [-0.39, 0.29) is 6.10 Å². The number of nitrogens with zero attached hydrogens (tertiary/aromatic N) is 1. The predicted octanol–water partition coefficient (Wildman–Crippen LogP) is 1.98. The van der Waals surface area contributed by atoms with E-state index < -0.39 is 5.97 Å². The predicted molar refractivity (Wildman–Crippen MR) is 59.8 cm³/mol. The molecule has 1 aromatic heterocycles. The van der Waals surface area contributed by atoms with E-state index in [0.717, 1.165) is 37.4 Å². The van der Waals surface area contributed by atoms with Gasteiger partial charge in [-0.05, 0) is 32.8 Å². The fourth-order valence-electron chi connectivity index (χ4n) is 2.29. The van der Waals surface area contributed by atoms with Crippen LogP contribution in [0.3, 0.4) is 0 Å². The minimum atomic E-state index is -0.855. The number of aryl methyl sites for hydroxylation is 1. The summed E-state index contributed by atoms with van der Waals surface area (Å²) in [5.41, 5.74) is 2.21. The molecule has 1 fully saturated rings. The SMILES string of the molecule is Cc1cc(C(=O)O)c(C)n1C[C@H]1CCCO1. The summed E-state index contributed by atoms with van der Waals surface area (Å²) in [5, 5.41) is 9.02. The van der Waals surface area contributed by atoms with E-state index in [1.54, 1.807) is 6.07 Å². The van der Waals surface area contributed by atoms with Gasteiger partial charge < -0.3 is 14.4 Å². The minimum Gasteiger partial charge on any atom is -0.478 e. The summed E-state index contributed by atoms with van der Waals surface area (Å²) >= 11 is 0. The Bertz CT molecular complexity index is 403. The zero-order valence-corrected chi connectivity index (χ0v) is 9.69. The molecule has 0 spiro atoms. The molecule has 0 amide bonds. The van der Waals surface area contributed by atoms with Crippen molar-refractivity contribution in [1.82, 2.24) is 4.57 Å². The number of ether oxygens (including phenoxy) is 1. The van der Waals surface area contributed by atoms with Crippen LogP contribution in [0.25, 0.3) is 0 Å². The normalized spacial score (nSPS) is 20.2. The van der Waals surface area contributed by atoms with Gasteiger partial charge in [0.1, 0.15) is 0 Å². The molecular formula is C12H17NO3. The van der Waals surface area contributed by atoms with Gasteiger partial charge in [-0.15, -0.1) is 0 Å². The van der Waals surface area contributed by atoms with Crippen LogP contribution < -0.4 is 0 Å². The van der Waals surface area contributed by atoms with E-state index in [9.17, 15) is 4.79 Å². The molecule has 0 unspecified atom stereocenters. The highest BCUT2D eigenvalue weighted by Crippen LogP contribution is 2.20. The van der Waals surface area contributed by atoms with Gasteiger partial charge in [0.05, 0.1) is 11.7 Å². The van der Waals surface area contributed by atoms with Crippen LogP contribution in [0.5, 0.6) is 0 Å². The summed E-state index contributed by atoms with van der Waals surface area (Å²) in [5.74, 6) is -0.855. The van der Waals surface area contributed by atoms with Crippen molar-refractivity contribution >= 4 is 5.97 Å². The van der Waals surface area contributed by atoms with Crippen LogP contribution in [-0.2, 0) is 11.3 Å². The highest BCUT2D eigenvalue weighted by atomic mass is 16.5. The molecule has 0 radical (unpaired) electrons. The number of carboxylic acid groups (broad SMARTS) is 1. The molecule has 1 aromatic rings. The molecule has 0 saturated carbocycles. The third kappa shape index (κ3) is 1.97. The first kappa shape index (κ1) is 11.2. The Morgan fingerprint density at radius 3 is 2.88 bits per heavy atom. The van der Waals surface area contributed by atoms with Gasteiger partial charge >= 0.3 is 5.97 Å². The number of carboxylic acids is 1. The first-order chi connectivity index (χ1) is 7.59. The van der Waals surface area contributed by atoms with Crippen molar-refractivity contribution in [3.05, 3.63) is 23.0 Å². The van der Waals surface area contributed by atoms with Crippen molar-refractivity contribution < 1.29 is 14.6 Å². The second-order valence-corrected chi connectivity index (χ2v) is 4.34. The van der Waals surface area contributed by atoms with Gasteiger partial charge in [0.15, 0.2) is 0 Å². The molecule has 2 rings (SSSR count). The van der Waals surface area contributed by atoms with Gasteiger partial charge in [0.25, 0.3) is 0 Å². The lowest BCUT2D eigenvalue weighted by Crippen LogP contribution is -2.17. The van der Waals surface area contributed by atoms with Gasteiger partial charge in [-0.25, -0.2) is 4.79 Å². The first-order valence-electron chi connectivity index (χ1n) is 5.61. The van der Waals surface area contributed by atoms with Gasteiger partial charge in [0.2, 0.25) is 0 Å². The maximum atomic E-state index is 11.0. The van der Waals surface area contributed by atoms with Gasteiger partial charge in [0, 0.05) is 24.5 Å². The minimum absolute atomic E-state index is 0.242. The largest absolute Gasteiger partial charge is 0.478 e. The van der Waals surface area contributed by atoms with Gasteiger partial charge in [-0.3, -0.25) is 0 Å². The standard InChI is InChI=1S/C12H17NO3/c1-8-6-11(12(14)15)9(2)13(8)7-10-4-3-5-16-10/h6,10H,3-5,7H2,1-2H3,(H,14,15)/t10-/m1/s1. The van der Waals surface area contributed by atoms with Crippen molar-refractivity contribution in [2.75, 3.05) is 6.61 Å². The zero-order valence-electron chi connectivity index (χ0n) is 9.69. The molecule has 1 atom stereocenters. The molecule has 16 heavy (non-hydrogen) atoms. The van der Waals surface area contributed by atoms with Crippen molar-refractivity contribution in [3.8, 4) is 0 Å². The Morgan fingerprint density at radius 2 is 2.38 bits per heavy atom. The quantitative estimate of drug-likeness (QED) is 0.852. The molecular weight excluding hydrogens is 206 g/mol. The molecule has 0 bridgehead atoms. The molecule has 88 valence electrons. The Balaban J connectivity index is 2.22. The highest BCUT2D eigenvalue weighted by molar-refractivity contribution is 5.89. The van der Waals surface area contributed by atoms with E-state index in [2.05, 4.69) is 0 Å². The molecule has 1 saturated heterocycles. The summed E-state index contributed by atoms with van der Waals surface area (Å²) in [7, 11) is 0. The van der Waals surface area contributed by atoms with Gasteiger partial charge in [-0.1, -0.05) is 0 Å². The molecule has 1 aliphatic rings. The van der Waals surface area contributed by atoms with Crippen LogP contribution in [0.2, 0.25) is 0 Å². The Hall–Kier alpha value is -1.29. The lowest BCUT2D eigenvalue weighted by Gasteiger charge is -2.14. The number of hydrogen-bond acceptors (Lipinski definition) is 2. The average molecular weight is 223 g/mol. The lowest BCUT2D eigenvalue weighted by atomic mass is 10.2. The number of hydrogen-bond donors (Lipinski definition) is 1. The third-order valence-electron chi connectivity index (χ3n) is 3.21. The fourth-order valence-corrected chi connectivity index (χ4v) is 2.29. The number of rotatable bonds is 3. The average Bonchev–Trinajstić information content (AvgIpc) is 2.81. The maximum Gasteiger partial charge on any atom is 0.337 e. The van der Waals surface area contributed by atoms with Crippen LogP contribution in [0.1, 0.15) is 34.6 Å². The Labute approximate surface area is 94.8 Å². The van der Waals surface area contributed by atoms with Crippen molar-refractivity contribution in [3.63, 3.8) is 0 Å². The number of aromatic carboxylic acids is 1. The maximum absolute atomic E-state index is 11.0. The smallest absolute Gasteiger partial charge is 0.337 e. The number of carbonyl (C=O) groups is 1. The Kier molecular flexibility index (Phi) is 3.01. The molecule has 1 aliphatic heterocycles. The van der Waals surface area contributed by atoms with Crippen molar-refractivity contribution in [2.45, 2.75) is 39.3 Å². The highest BCUT2D eigenvalue weighted by Gasteiger charge is 2.20.